The van der Waals surface area contributed by atoms with Crippen molar-refractivity contribution in [2.45, 2.75) is 70.0 Å². The van der Waals surface area contributed by atoms with Crippen molar-refractivity contribution in [2.75, 3.05) is 6.61 Å². The molecule has 168 valence electrons. The van der Waals surface area contributed by atoms with E-state index in [1.165, 1.54) is 18.2 Å². The fraction of sp³-hybridized carbons (Fsp3) is 0.542. The molecular formula is C24H29Cl2NO3S. The number of carbonyl (C=O) groups is 2. The van der Waals surface area contributed by atoms with Gasteiger partial charge in [0.05, 0.1) is 10.7 Å². The SMILES string of the molecule is CCC/C(=N/OC/C(C)=C(\Cl)c1ccc(Cl)cc1)C1C(=O)CC2(CCCCC2)SC1=O. The molecule has 0 amide bonds. The minimum atomic E-state index is -0.784. The lowest BCUT2D eigenvalue weighted by atomic mass is 9.81. The Morgan fingerprint density at radius 1 is 1.19 bits per heavy atom. The van der Waals surface area contributed by atoms with Crippen LogP contribution in [0.2, 0.25) is 5.02 Å². The summed E-state index contributed by atoms with van der Waals surface area (Å²) in [6.45, 7) is 4.05. The lowest BCUT2D eigenvalue weighted by Crippen LogP contribution is -2.44. The first-order chi connectivity index (χ1) is 14.8. The van der Waals surface area contributed by atoms with Crippen molar-refractivity contribution in [1.29, 1.82) is 0 Å². The lowest BCUT2D eigenvalue weighted by Gasteiger charge is -2.40. The molecule has 3 rings (SSSR count). The van der Waals surface area contributed by atoms with Crippen LogP contribution in [0.3, 0.4) is 0 Å². The molecule has 0 N–H and O–H groups in total. The van der Waals surface area contributed by atoms with Crippen molar-refractivity contribution >= 4 is 56.6 Å². The Hall–Kier alpha value is -1.30. The van der Waals surface area contributed by atoms with E-state index in [9.17, 15) is 9.59 Å². The number of carbonyl (C=O) groups excluding carboxylic acids is 2. The summed E-state index contributed by atoms with van der Waals surface area (Å²) in [5, 5.41) is 5.40. The Morgan fingerprint density at radius 2 is 1.87 bits per heavy atom. The van der Waals surface area contributed by atoms with Gasteiger partial charge in [0.25, 0.3) is 0 Å². The smallest absolute Gasteiger partial charge is 0.205 e. The zero-order valence-corrected chi connectivity index (χ0v) is 20.4. The second-order valence-electron chi connectivity index (χ2n) is 8.45. The number of ketones is 1. The van der Waals surface area contributed by atoms with Crippen LogP contribution in [0.4, 0.5) is 0 Å². The molecule has 2 fully saturated rings. The molecule has 2 aliphatic rings. The second-order valence-corrected chi connectivity index (χ2v) is 10.7. The van der Waals surface area contributed by atoms with Crippen LogP contribution < -0.4 is 0 Å². The van der Waals surface area contributed by atoms with E-state index in [1.807, 2.05) is 26.0 Å². The van der Waals surface area contributed by atoms with Gasteiger partial charge >= 0.3 is 0 Å². The fourth-order valence-corrected chi connectivity index (χ4v) is 6.10. The first-order valence-corrected chi connectivity index (χ1v) is 12.5. The molecule has 1 aromatic rings. The van der Waals surface area contributed by atoms with Crippen LogP contribution in [-0.2, 0) is 14.4 Å². The Kier molecular flexibility index (Phi) is 8.65. The van der Waals surface area contributed by atoms with Gasteiger partial charge in [-0.2, -0.15) is 0 Å². The molecule has 1 aliphatic carbocycles. The summed E-state index contributed by atoms with van der Waals surface area (Å²) in [5.41, 5.74) is 2.18. The highest BCUT2D eigenvalue weighted by Gasteiger charge is 2.47. The monoisotopic (exact) mass is 481 g/mol. The summed E-state index contributed by atoms with van der Waals surface area (Å²) in [4.78, 5) is 31.5. The van der Waals surface area contributed by atoms with Crippen LogP contribution in [0.1, 0.15) is 70.8 Å². The molecule has 0 bridgehead atoms. The van der Waals surface area contributed by atoms with Crippen molar-refractivity contribution < 1.29 is 14.4 Å². The summed E-state index contributed by atoms with van der Waals surface area (Å²) < 4.78 is -0.188. The quantitative estimate of drug-likeness (QED) is 0.238. The van der Waals surface area contributed by atoms with E-state index in [4.69, 9.17) is 28.0 Å². The molecule has 0 radical (unpaired) electrons. The number of hydrogen-bond acceptors (Lipinski definition) is 5. The molecule has 1 unspecified atom stereocenters. The average molecular weight is 482 g/mol. The molecule has 1 saturated carbocycles. The summed E-state index contributed by atoms with van der Waals surface area (Å²) in [6.07, 6.45) is 7.08. The number of hydrogen-bond donors (Lipinski definition) is 0. The Morgan fingerprint density at radius 3 is 2.48 bits per heavy atom. The zero-order valence-electron chi connectivity index (χ0n) is 18.1. The maximum absolute atomic E-state index is 13.0. The molecule has 1 heterocycles. The van der Waals surface area contributed by atoms with E-state index in [1.54, 1.807) is 12.1 Å². The van der Waals surface area contributed by atoms with Crippen LogP contribution >= 0.6 is 35.0 Å². The minimum absolute atomic E-state index is 0.00656. The van der Waals surface area contributed by atoms with Crippen LogP contribution in [0.25, 0.3) is 5.03 Å². The summed E-state index contributed by atoms with van der Waals surface area (Å²) in [5.74, 6) is -0.790. The standard InChI is InChI=1S/C24H29Cl2NO3S/c1-3-7-19(21-20(28)14-24(31-23(21)29)12-5-4-6-13-24)27-30-15-16(2)22(26)17-8-10-18(25)11-9-17/h8-11,21H,3-7,12-15H2,1-2H3/b22-16-,27-19-. The third kappa shape index (κ3) is 6.15. The van der Waals surface area contributed by atoms with Gasteiger partial charge in [-0.15, -0.1) is 0 Å². The van der Waals surface area contributed by atoms with E-state index in [0.29, 0.717) is 28.6 Å². The van der Waals surface area contributed by atoms with E-state index in [-0.39, 0.29) is 22.3 Å². The molecule has 1 aliphatic heterocycles. The average Bonchev–Trinajstić information content (AvgIpc) is 2.73. The largest absolute Gasteiger partial charge is 0.391 e. The van der Waals surface area contributed by atoms with Gasteiger partial charge in [-0.3, -0.25) is 9.59 Å². The highest BCUT2D eigenvalue weighted by molar-refractivity contribution is 8.15. The second kappa shape index (κ2) is 11.0. The number of halogens is 2. The van der Waals surface area contributed by atoms with E-state index < -0.39 is 5.92 Å². The van der Waals surface area contributed by atoms with E-state index in [0.717, 1.165) is 43.2 Å². The summed E-state index contributed by atoms with van der Waals surface area (Å²) in [7, 11) is 0. The molecule has 4 nitrogen and oxygen atoms in total. The number of benzene rings is 1. The van der Waals surface area contributed by atoms with Crippen molar-refractivity contribution in [3.05, 3.63) is 40.4 Å². The Balaban J connectivity index is 1.69. The molecule has 1 spiro atoms. The maximum Gasteiger partial charge on any atom is 0.205 e. The summed E-state index contributed by atoms with van der Waals surface area (Å²) >= 11 is 13.8. The van der Waals surface area contributed by atoms with Gasteiger partial charge in [0, 0.05) is 16.2 Å². The highest BCUT2D eigenvalue weighted by atomic mass is 35.5. The first-order valence-electron chi connectivity index (χ1n) is 10.9. The number of nitrogens with zero attached hydrogens (tertiary/aromatic N) is 1. The molecule has 7 heteroatoms. The molecule has 1 atom stereocenters. The number of rotatable bonds is 7. The van der Waals surface area contributed by atoms with Gasteiger partial charge in [0.15, 0.2) is 5.78 Å². The van der Waals surface area contributed by atoms with Gasteiger partial charge in [-0.25, -0.2) is 0 Å². The number of Topliss-reactive ketones (excluding diaryl/α,β-unsaturated/α-hetero) is 1. The number of oxime groups is 1. The van der Waals surface area contributed by atoms with Crippen LogP contribution in [0.5, 0.6) is 0 Å². The zero-order chi connectivity index (χ0) is 22.4. The molecular weight excluding hydrogens is 453 g/mol. The third-order valence-electron chi connectivity index (χ3n) is 5.91. The van der Waals surface area contributed by atoms with Gasteiger partial charge in [-0.1, -0.05) is 84.9 Å². The fourth-order valence-electron chi connectivity index (χ4n) is 4.27. The topological polar surface area (TPSA) is 55.7 Å². The van der Waals surface area contributed by atoms with Crippen molar-refractivity contribution in [3.8, 4) is 0 Å². The minimum Gasteiger partial charge on any atom is -0.391 e. The lowest BCUT2D eigenvalue weighted by molar-refractivity contribution is -0.127. The van der Waals surface area contributed by atoms with Crippen molar-refractivity contribution in [1.82, 2.24) is 0 Å². The van der Waals surface area contributed by atoms with Crippen LogP contribution in [0.15, 0.2) is 35.0 Å². The van der Waals surface area contributed by atoms with E-state index in [2.05, 4.69) is 5.16 Å². The highest BCUT2D eigenvalue weighted by Crippen LogP contribution is 2.48. The van der Waals surface area contributed by atoms with Gasteiger partial charge in [-0.05, 0) is 49.5 Å². The Labute approximate surface area is 198 Å². The predicted octanol–water partition coefficient (Wildman–Crippen LogP) is 7.03. The normalized spacial score (nSPS) is 22.5. The van der Waals surface area contributed by atoms with Gasteiger partial charge < -0.3 is 4.84 Å². The van der Waals surface area contributed by atoms with Crippen molar-refractivity contribution in [2.24, 2.45) is 11.1 Å². The Bertz CT molecular complexity index is 853. The first kappa shape index (κ1) is 24.3. The van der Waals surface area contributed by atoms with Gasteiger partial charge in [0.2, 0.25) is 5.12 Å². The van der Waals surface area contributed by atoms with Gasteiger partial charge in [0.1, 0.15) is 12.5 Å². The molecule has 1 aromatic carbocycles. The maximum atomic E-state index is 13.0. The summed E-state index contributed by atoms with van der Waals surface area (Å²) in [6, 6.07) is 7.25. The van der Waals surface area contributed by atoms with Crippen molar-refractivity contribution in [3.63, 3.8) is 0 Å². The van der Waals surface area contributed by atoms with E-state index >= 15 is 0 Å². The predicted molar refractivity (Wildman–Crippen MR) is 130 cm³/mol. The molecule has 31 heavy (non-hydrogen) atoms. The van der Waals surface area contributed by atoms with Crippen LogP contribution in [0, 0.1) is 5.92 Å². The van der Waals surface area contributed by atoms with Crippen LogP contribution in [-0.4, -0.2) is 28.0 Å². The molecule has 0 aromatic heterocycles. The number of thioether (sulfide) groups is 1. The third-order valence-corrected chi connectivity index (χ3v) is 8.13. The molecule has 1 saturated heterocycles.